The molecular weight excluding hydrogens is 416 g/mol. The van der Waals surface area contributed by atoms with Crippen LogP contribution in [0.2, 0.25) is 10.0 Å². The SMILES string of the molecule is CC(C)(O)CNC(=O)Cc1ccc(N(c2c(Cl)cc(F)cc2Cl)C(F)F)cc1. The molecule has 0 bridgehead atoms. The Bertz CT molecular complexity index is 817. The number of hydrogen-bond acceptors (Lipinski definition) is 3. The summed E-state index contributed by atoms with van der Waals surface area (Å²) >= 11 is 11.8. The molecule has 0 radical (unpaired) electrons. The third kappa shape index (κ3) is 6.02. The van der Waals surface area contributed by atoms with Gasteiger partial charge in [0.1, 0.15) is 5.82 Å². The molecule has 0 spiro atoms. The Labute approximate surface area is 170 Å². The molecule has 1 amide bonds. The number of carbonyl (C=O) groups excluding carboxylic acids is 1. The van der Waals surface area contributed by atoms with Gasteiger partial charge in [-0.15, -0.1) is 0 Å². The lowest BCUT2D eigenvalue weighted by molar-refractivity contribution is -0.121. The number of benzene rings is 2. The van der Waals surface area contributed by atoms with Gasteiger partial charge in [-0.2, -0.15) is 8.78 Å². The predicted octanol–water partition coefficient (Wildman–Crippen LogP) is 4.92. The maximum absolute atomic E-state index is 13.7. The molecule has 0 heterocycles. The molecule has 0 unspecified atom stereocenters. The minimum Gasteiger partial charge on any atom is -0.389 e. The minimum absolute atomic E-state index is 0.0170. The summed E-state index contributed by atoms with van der Waals surface area (Å²) < 4.78 is 40.7. The average molecular weight is 435 g/mol. The lowest BCUT2D eigenvalue weighted by Gasteiger charge is -2.26. The van der Waals surface area contributed by atoms with E-state index >= 15 is 0 Å². The van der Waals surface area contributed by atoms with E-state index in [1.165, 1.54) is 24.3 Å². The zero-order valence-corrected chi connectivity index (χ0v) is 16.7. The quantitative estimate of drug-likeness (QED) is 0.607. The van der Waals surface area contributed by atoms with E-state index in [1.807, 2.05) is 0 Å². The summed E-state index contributed by atoms with van der Waals surface area (Å²) in [7, 11) is 0. The highest BCUT2D eigenvalue weighted by atomic mass is 35.5. The smallest absolute Gasteiger partial charge is 0.319 e. The topological polar surface area (TPSA) is 52.6 Å². The van der Waals surface area contributed by atoms with Crippen LogP contribution in [0.15, 0.2) is 36.4 Å². The Morgan fingerprint density at radius 2 is 1.71 bits per heavy atom. The molecule has 0 saturated heterocycles. The third-order valence-electron chi connectivity index (χ3n) is 3.72. The molecule has 0 fully saturated rings. The molecule has 2 N–H and O–H groups in total. The van der Waals surface area contributed by atoms with Gasteiger partial charge in [-0.3, -0.25) is 9.69 Å². The van der Waals surface area contributed by atoms with Crippen LogP contribution in [-0.2, 0) is 11.2 Å². The molecule has 0 saturated carbocycles. The number of alkyl halides is 2. The van der Waals surface area contributed by atoms with Crippen molar-refractivity contribution >= 4 is 40.5 Å². The molecule has 2 aromatic rings. The second-order valence-electron chi connectivity index (χ2n) is 6.80. The van der Waals surface area contributed by atoms with Gasteiger partial charge >= 0.3 is 6.55 Å². The number of rotatable bonds is 7. The van der Waals surface area contributed by atoms with E-state index in [-0.39, 0.29) is 40.3 Å². The predicted molar refractivity (Wildman–Crippen MR) is 104 cm³/mol. The first-order chi connectivity index (χ1) is 13.0. The van der Waals surface area contributed by atoms with Gasteiger partial charge in [0.05, 0.1) is 27.8 Å². The fraction of sp³-hybridized carbons (Fsp3) is 0.316. The largest absolute Gasteiger partial charge is 0.389 e. The maximum atomic E-state index is 13.7. The summed E-state index contributed by atoms with van der Waals surface area (Å²) in [6, 6.07) is 7.61. The number of nitrogens with one attached hydrogen (secondary N) is 1. The number of hydrogen-bond donors (Lipinski definition) is 2. The van der Waals surface area contributed by atoms with Gasteiger partial charge < -0.3 is 10.4 Å². The van der Waals surface area contributed by atoms with E-state index in [2.05, 4.69) is 5.32 Å². The Hall–Kier alpha value is -1.96. The zero-order valence-electron chi connectivity index (χ0n) is 15.1. The van der Waals surface area contributed by atoms with Gasteiger partial charge in [-0.1, -0.05) is 35.3 Å². The van der Waals surface area contributed by atoms with Crippen molar-refractivity contribution in [2.24, 2.45) is 0 Å². The van der Waals surface area contributed by atoms with Crippen LogP contribution in [0.4, 0.5) is 24.5 Å². The number of carbonyl (C=O) groups is 1. The van der Waals surface area contributed by atoms with E-state index in [4.69, 9.17) is 23.2 Å². The van der Waals surface area contributed by atoms with E-state index in [0.29, 0.717) is 10.5 Å². The fourth-order valence-electron chi connectivity index (χ4n) is 2.44. The number of amides is 1. The molecule has 28 heavy (non-hydrogen) atoms. The summed E-state index contributed by atoms with van der Waals surface area (Å²) in [6.45, 7) is 0.228. The Morgan fingerprint density at radius 3 is 2.18 bits per heavy atom. The number of nitrogens with zero attached hydrogens (tertiary/aromatic N) is 1. The lowest BCUT2D eigenvalue weighted by Crippen LogP contribution is -2.38. The van der Waals surface area contributed by atoms with Crippen LogP contribution in [0.3, 0.4) is 0 Å². The molecule has 9 heteroatoms. The maximum Gasteiger partial charge on any atom is 0.319 e. The van der Waals surface area contributed by atoms with Gasteiger partial charge in [0.25, 0.3) is 0 Å². The summed E-state index contributed by atoms with van der Waals surface area (Å²) in [4.78, 5) is 12.5. The van der Waals surface area contributed by atoms with Gasteiger partial charge in [0, 0.05) is 12.2 Å². The van der Waals surface area contributed by atoms with Crippen LogP contribution in [0, 0.1) is 5.82 Å². The average Bonchev–Trinajstić information content (AvgIpc) is 2.56. The number of aliphatic hydroxyl groups is 1. The summed E-state index contributed by atoms with van der Waals surface area (Å²) in [5.41, 5.74) is -0.589. The van der Waals surface area contributed by atoms with Crippen molar-refractivity contribution in [3.05, 3.63) is 57.8 Å². The van der Waals surface area contributed by atoms with Crippen molar-refractivity contribution in [2.75, 3.05) is 11.4 Å². The van der Waals surface area contributed by atoms with Gasteiger partial charge in [-0.05, 0) is 43.7 Å². The number of halogens is 5. The normalized spacial score (nSPS) is 11.6. The van der Waals surface area contributed by atoms with Crippen LogP contribution >= 0.6 is 23.2 Å². The third-order valence-corrected chi connectivity index (χ3v) is 4.29. The number of anilines is 2. The molecule has 2 rings (SSSR count). The Morgan fingerprint density at radius 1 is 1.18 bits per heavy atom. The van der Waals surface area contributed by atoms with E-state index in [9.17, 15) is 23.1 Å². The highest BCUT2D eigenvalue weighted by molar-refractivity contribution is 6.39. The first kappa shape index (κ1) is 22.3. The van der Waals surface area contributed by atoms with Crippen LogP contribution in [0.5, 0.6) is 0 Å². The fourth-order valence-corrected chi connectivity index (χ4v) is 3.08. The van der Waals surface area contributed by atoms with Crippen molar-refractivity contribution in [3.8, 4) is 0 Å². The summed E-state index contributed by atoms with van der Waals surface area (Å²) in [6.07, 6.45) is 0.0170. The molecule has 2 aromatic carbocycles. The standard InChI is InChI=1S/C19H19Cl2F3N2O2/c1-19(2,28)10-25-16(27)7-11-3-5-13(6-4-11)26(18(23)24)17-14(20)8-12(22)9-15(17)21/h3-6,8-9,18,28H,7,10H2,1-2H3,(H,25,27). The van der Waals surface area contributed by atoms with Crippen molar-refractivity contribution in [3.63, 3.8) is 0 Å². The molecule has 0 aromatic heterocycles. The first-order valence-electron chi connectivity index (χ1n) is 8.28. The highest BCUT2D eigenvalue weighted by Gasteiger charge is 2.25. The monoisotopic (exact) mass is 434 g/mol. The Kier molecular flexibility index (Phi) is 7.20. The molecule has 0 aliphatic heterocycles. The zero-order chi connectivity index (χ0) is 21.1. The second-order valence-corrected chi connectivity index (χ2v) is 7.61. The van der Waals surface area contributed by atoms with Crippen molar-refractivity contribution in [2.45, 2.75) is 32.4 Å². The molecule has 4 nitrogen and oxygen atoms in total. The van der Waals surface area contributed by atoms with Gasteiger partial charge in [-0.25, -0.2) is 4.39 Å². The molecular formula is C19H19Cl2F3N2O2. The lowest BCUT2D eigenvalue weighted by atomic mass is 10.1. The molecule has 152 valence electrons. The minimum atomic E-state index is -2.98. The summed E-state index contributed by atoms with van der Waals surface area (Å²) in [5.74, 6) is -1.05. The van der Waals surface area contributed by atoms with Crippen molar-refractivity contribution in [1.29, 1.82) is 0 Å². The van der Waals surface area contributed by atoms with Crippen LogP contribution in [-0.4, -0.2) is 29.7 Å². The van der Waals surface area contributed by atoms with E-state index in [0.717, 1.165) is 12.1 Å². The highest BCUT2D eigenvalue weighted by Crippen LogP contribution is 2.40. The van der Waals surface area contributed by atoms with Crippen molar-refractivity contribution < 1.29 is 23.1 Å². The second kappa shape index (κ2) is 9.03. The van der Waals surface area contributed by atoms with Crippen LogP contribution in [0.25, 0.3) is 0 Å². The van der Waals surface area contributed by atoms with Gasteiger partial charge in [0.15, 0.2) is 0 Å². The van der Waals surface area contributed by atoms with Crippen LogP contribution < -0.4 is 10.2 Å². The van der Waals surface area contributed by atoms with Crippen LogP contribution in [0.1, 0.15) is 19.4 Å². The van der Waals surface area contributed by atoms with Gasteiger partial charge in [0.2, 0.25) is 5.91 Å². The van der Waals surface area contributed by atoms with E-state index in [1.54, 1.807) is 13.8 Å². The van der Waals surface area contributed by atoms with Crippen molar-refractivity contribution in [1.82, 2.24) is 5.32 Å². The summed E-state index contributed by atoms with van der Waals surface area (Å²) in [5, 5.41) is 11.7. The first-order valence-corrected chi connectivity index (χ1v) is 9.03. The van der Waals surface area contributed by atoms with E-state index < -0.39 is 18.0 Å². The molecule has 0 aliphatic rings. The molecule has 0 atom stereocenters. The molecule has 0 aliphatic carbocycles. The Balaban J connectivity index is 2.21.